The van der Waals surface area contributed by atoms with Crippen molar-refractivity contribution in [3.8, 4) is 11.9 Å². The molecule has 0 aliphatic heterocycles. The van der Waals surface area contributed by atoms with Crippen molar-refractivity contribution in [3.63, 3.8) is 0 Å². The van der Waals surface area contributed by atoms with Crippen molar-refractivity contribution in [3.05, 3.63) is 30.3 Å². The Hall–Kier alpha value is -2.16. The molecule has 2 aliphatic carbocycles. The van der Waals surface area contributed by atoms with Gasteiger partial charge in [0.25, 0.3) is 0 Å². The van der Waals surface area contributed by atoms with E-state index in [4.69, 9.17) is 10.1 Å². The number of fused-ring (bicyclic) bond motifs is 2. The second-order valence-electron chi connectivity index (χ2n) is 7.77. The molecule has 1 aromatic rings. The highest BCUT2D eigenvalue weighted by molar-refractivity contribution is 5.89. The standard InChI is InChI=1S/C19H23F2N3O/c1-17(2,25-14-6-4-3-5-7-14)16(23)24(13-22)19-10-8-18(12-19,9-11-19)15(20)21/h3-7,15,23H,8-12H2,1-2H3. The Balaban J connectivity index is 1.82. The van der Waals surface area contributed by atoms with Gasteiger partial charge in [0.05, 0.1) is 5.54 Å². The predicted octanol–water partition coefficient (Wildman–Crippen LogP) is 4.57. The summed E-state index contributed by atoms with van der Waals surface area (Å²) in [5.74, 6) is 0.623. The zero-order chi connectivity index (χ0) is 18.3. The van der Waals surface area contributed by atoms with Gasteiger partial charge in [-0.15, -0.1) is 0 Å². The number of benzene rings is 1. The summed E-state index contributed by atoms with van der Waals surface area (Å²) in [7, 11) is 0. The summed E-state index contributed by atoms with van der Waals surface area (Å²) < 4.78 is 32.9. The maximum Gasteiger partial charge on any atom is 0.244 e. The van der Waals surface area contributed by atoms with Crippen molar-refractivity contribution in [2.24, 2.45) is 5.41 Å². The number of hydrogen-bond acceptors (Lipinski definition) is 3. The topological polar surface area (TPSA) is 60.1 Å². The minimum Gasteiger partial charge on any atom is -0.480 e. The molecular formula is C19H23F2N3O. The van der Waals surface area contributed by atoms with Crippen LogP contribution < -0.4 is 4.74 Å². The molecule has 0 aromatic heterocycles. The molecule has 0 heterocycles. The highest BCUT2D eigenvalue weighted by atomic mass is 19.3. The Kier molecular flexibility index (Phi) is 4.22. The maximum absolute atomic E-state index is 13.5. The average molecular weight is 347 g/mol. The van der Waals surface area contributed by atoms with Crippen LogP contribution in [0.3, 0.4) is 0 Å². The van der Waals surface area contributed by atoms with E-state index < -0.39 is 23.0 Å². The normalized spacial score (nSPS) is 28.0. The summed E-state index contributed by atoms with van der Waals surface area (Å²) in [6.07, 6.45) is 1.86. The summed E-state index contributed by atoms with van der Waals surface area (Å²) in [5, 5.41) is 18.3. The first-order chi connectivity index (χ1) is 11.7. The minimum atomic E-state index is -2.37. The fraction of sp³-hybridized carbons (Fsp3) is 0.579. The molecule has 2 saturated carbocycles. The lowest BCUT2D eigenvalue weighted by molar-refractivity contribution is 0.00158. The number of para-hydroxylation sites is 1. The number of nitriles is 1. The first-order valence-electron chi connectivity index (χ1n) is 8.56. The van der Waals surface area contributed by atoms with Crippen molar-refractivity contribution in [1.29, 1.82) is 10.7 Å². The molecule has 0 spiro atoms. The van der Waals surface area contributed by atoms with Gasteiger partial charge < -0.3 is 4.74 Å². The molecule has 3 rings (SSSR count). The average Bonchev–Trinajstić information content (AvgIpc) is 3.14. The van der Waals surface area contributed by atoms with Crippen LogP contribution in [0.5, 0.6) is 5.75 Å². The molecule has 6 heteroatoms. The molecule has 1 aromatic carbocycles. The number of ether oxygens (including phenoxy) is 1. The third-order valence-electron chi connectivity index (χ3n) is 5.80. The van der Waals surface area contributed by atoms with E-state index in [0.717, 1.165) is 0 Å². The molecule has 0 amide bonds. The van der Waals surface area contributed by atoms with Crippen molar-refractivity contribution in [2.75, 3.05) is 0 Å². The van der Waals surface area contributed by atoms with Crippen LogP contribution in [0.15, 0.2) is 30.3 Å². The Labute approximate surface area is 146 Å². The van der Waals surface area contributed by atoms with Crippen molar-refractivity contribution >= 4 is 5.84 Å². The lowest BCUT2D eigenvalue weighted by Gasteiger charge is -2.40. The first-order valence-corrected chi connectivity index (χ1v) is 8.56. The van der Waals surface area contributed by atoms with Gasteiger partial charge in [-0.2, -0.15) is 5.26 Å². The lowest BCUT2D eigenvalue weighted by Crippen LogP contribution is -2.55. The van der Waals surface area contributed by atoms with Crippen LogP contribution >= 0.6 is 0 Å². The van der Waals surface area contributed by atoms with Gasteiger partial charge in [-0.25, -0.2) is 8.78 Å². The summed E-state index contributed by atoms with van der Waals surface area (Å²) in [4.78, 5) is 1.34. The monoisotopic (exact) mass is 347 g/mol. The Morgan fingerprint density at radius 1 is 1.24 bits per heavy atom. The third-order valence-corrected chi connectivity index (χ3v) is 5.80. The van der Waals surface area contributed by atoms with E-state index in [1.807, 2.05) is 18.2 Å². The van der Waals surface area contributed by atoms with Gasteiger partial charge in [0.15, 0.2) is 17.6 Å². The number of nitrogens with zero attached hydrogens (tertiary/aromatic N) is 2. The predicted molar refractivity (Wildman–Crippen MR) is 90.6 cm³/mol. The van der Waals surface area contributed by atoms with Gasteiger partial charge in [-0.3, -0.25) is 10.3 Å². The molecule has 2 aliphatic rings. The van der Waals surface area contributed by atoms with Crippen LogP contribution in [-0.2, 0) is 0 Å². The number of hydrogen-bond donors (Lipinski definition) is 1. The van der Waals surface area contributed by atoms with Gasteiger partial charge in [-0.05, 0) is 58.1 Å². The fourth-order valence-corrected chi connectivity index (χ4v) is 4.31. The Bertz CT molecular complexity index is 688. The SMILES string of the molecule is CC(C)(Oc1ccccc1)C(=N)N(C#N)C12CCC(C(F)F)(CC1)C2. The summed E-state index contributed by atoms with van der Waals surface area (Å²) in [5.41, 5.74) is -2.69. The van der Waals surface area contributed by atoms with Crippen LogP contribution in [0.2, 0.25) is 0 Å². The van der Waals surface area contributed by atoms with Gasteiger partial charge in [0, 0.05) is 5.41 Å². The second-order valence-corrected chi connectivity index (χ2v) is 7.77. The van der Waals surface area contributed by atoms with E-state index in [1.54, 1.807) is 26.0 Å². The molecule has 0 saturated heterocycles. The van der Waals surface area contributed by atoms with Crippen LogP contribution in [0.4, 0.5) is 8.78 Å². The molecule has 0 unspecified atom stereocenters. The summed E-state index contributed by atoms with van der Waals surface area (Å²) in [6, 6.07) is 9.11. The minimum absolute atomic E-state index is 0.0193. The molecule has 2 bridgehead atoms. The zero-order valence-corrected chi connectivity index (χ0v) is 14.6. The number of halogens is 2. The highest BCUT2D eigenvalue weighted by Crippen LogP contribution is 2.61. The Morgan fingerprint density at radius 3 is 2.32 bits per heavy atom. The molecule has 1 N–H and O–H groups in total. The van der Waals surface area contributed by atoms with Crippen LogP contribution in [-0.4, -0.2) is 28.3 Å². The van der Waals surface area contributed by atoms with Crippen LogP contribution in [0.25, 0.3) is 0 Å². The van der Waals surface area contributed by atoms with Gasteiger partial charge >= 0.3 is 0 Å². The van der Waals surface area contributed by atoms with Crippen LogP contribution in [0, 0.1) is 22.3 Å². The molecular weight excluding hydrogens is 324 g/mol. The van der Waals surface area contributed by atoms with E-state index in [2.05, 4.69) is 6.19 Å². The van der Waals surface area contributed by atoms with E-state index >= 15 is 0 Å². The number of amidine groups is 1. The van der Waals surface area contributed by atoms with Crippen molar-refractivity contribution in [2.45, 2.75) is 63.5 Å². The van der Waals surface area contributed by atoms with Crippen molar-refractivity contribution in [1.82, 2.24) is 4.90 Å². The molecule has 25 heavy (non-hydrogen) atoms. The number of nitrogens with one attached hydrogen (secondary N) is 1. The van der Waals surface area contributed by atoms with Gasteiger partial charge in [0.1, 0.15) is 5.75 Å². The maximum atomic E-state index is 13.5. The largest absolute Gasteiger partial charge is 0.480 e. The molecule has 2 fully saturated rings. The number of rotatable bonds is 5. The molecule has 134 valence electrons. The smallest absolute Gasteiger partial charge is 0.244 e. The highest BCUT2D eigenvalue weighted by Gasteiger charge is 2.62. The van der Waals surface area contributed by atoms with Crippen molar-refractivity contribution < 1.29 is 13.5 Å². The summed E-state index contributed by atoms with van der Waals surface area (Å²) >= 11 is 0. The molecule has 4 nitrogen and oxygen atoms in total. The Morgan fingerprint density at radius 2 is 1.84 bits per heavy atom. The lowest BCUT2D eigenvalue weighted by atomic mass is 9.84. The van der Waals surface area contributed by atoms with Gasteiger partial charge in [-0.1, -0.05) is 18.2 Å². The second kappa shape index (κ2) is 5.98. The third kappa shape index (κ3) is 2.86. The molecule has 0 radical (unpaired) electrons. The van der Waals surface area contributed by atoms with Crippen LogP contribution in [0.1, 0.15) is 46.0 Å². The van der Waals surface area contributed by atoms with E-state index in [1.165, 1.54) is 4.90 Å². The van der Waals surface area contributed by atoms with E-state index in [-0.39, 0.29) is 12.3 Å². The zero-order valence-electron chi connectivity index (χ0n) is 14.6. The van der Waals surface area contributed by atoms with E-state index in [9.17, 15) is 14.0 Å². The quantitative estimate of drug-likeness (QED) is 0.367. The summed E-state index contributed by atoms with van der Waals surface area (Å²) in [6.45, 7) is 3.46. The van der Waals surface area contributed by atoms with E-state index in [0.29, 0.717) is 31.4 Å². The molecule has 0 atom stereocenters. The van der Waals surface area contributed by atoms with Gasteiger partial charge in [0.2, 0.25) is 6.43 Å². The fourth-order valence-electron chi connectivity index (χ4n) is 4.31. The number of alkyl halides is 2. The first kappa shape index (κ1) is 17.7.